The molecule has 0 spiro atoms. The van der Waals surface area contributed by atoms with Crippen LogP contribution in [0.2, 0.25) is 0 Å². The van der Waals surface area contributed by atoms with Gasteiger partial charge < -0.3 is 10.1 Å². The maximum absolute atomic E-state index is 13.7. The molecule has 27 heavy (non-hydrogen) atoms. The fourth-order valence-corrected chi connectivity index (χ4v) is 4.59. The summed E-state index contributed by atoms with van der Waals surface area (Å²) in [5.41, 5.74) is 0.876. The molecule has 0 saturated carbocycles. The van der Waals surface area contributed by atoms with Crippen molar-refractivity contribution in [2.24, 2.45) is 0 Å². The Morgan fingerprint density at radius 2 is 1.93 bits per heavy atom. The summed E-state index contributed by atoms with van der Waals surface area (Å²) in [5, 5.41) is 2.67. The SMILES string of the molecule is COc1ccc(CC(=O)Nc2cccc(S(=O)(=O)N3CCCC3)c2)cc1F. The molecular formula is C19H21FN2O4S. The van der Waals surface area contributed by atoms with E-state index in [0.717, 1.165) is 12.8 Å². The van der Waals surface area contributed by atoms with Gasteiger partial charge in [-0.05, 0) is 48.7 Å². The Labute approximate surface area is 158 Å². The van der Waals surface area contributed by atoms with Crippen molar-refractivity contribution in [3.05, 3.63) is 53.8 Å². The number of carbonyl (C=O) groups is 1. The molecule has 2 aromatic carbocycles. The Kier molecular flexibility index (Phi) is 5.76. The average molecular weight is 392 g/mol. The lowest BCUT2D eigenvalue weighted by molar-refractivity contribution is -0.115. The second kappa shape index (κ2) is 8.06. The van der Waals surface area contributed by atoms with Gasteiger partial charge in [0.15, 0.2) is 11.6 Å². The number of ether oxygens (including phenoxy) is 1. The number of methoxy groups -OCH3 is 1. The Bertz CT molecular complexity index is 940. The third-order valence-electron chi connectivity index (χ3n) is 4.40. The number of amides is 1. The summed E-state index contributed by atoms with van der Waals surface area (Å²) >= 11 is 0. The molecule has 0 aromatic heterocycles. The second-order valence-electron chi connectivity index (χ2n) is 6.33. The fraction of sp³-hybridized carbons (Fsp3) is 0.316. The van der Waals surface area contributed by atoms with Crippen molar-refractivity contribution in [2.45, 2.75) is 24.2 Å². The zero-order valence-corrected chi connectivity index (χ0v) is 15.8. The summed E-state index contributed by atoms with van der Waals surface area (Å²) in [5.74, 6) is -0.796. The molecule has 1 aliphatic rings. The van der Waals surface area contributed by atoms with Crippen molar-refractivity contribution in [1.82, 2.24) is 4.31 Å². The number of anilines is 1. The Morgan fingerprint density at radius 3 is 2.59 bits per heavy atom. The number of sulfonamides is 1. The molecule has 1 fully saturated rings. The molecule has 0 radical (unpaired) electrons. The van der Waals surface area contributed by atoms with Crippen molar-refractivity contribution in [2.75, 3.05) is 25.5 Å². The number of benzene rings is 2. The smallest absolute Gasteiger partial charge is 0.243 e. The van der Waals surface area contributed by atoms with Gasteiger partial charge in [0.2, 0.25) is 15.9 Å². The maximum atomic E-state index is 13.7. The number of nitrogens with zero attached hydrogens (tertiary/aromatic N) is 1. The normalized spacial score (nSPS) is 14.9. The van der Waals surface area contributed by atoms with Gasteiger partial charge in [-0.25, -0.2) is 12.8 Å². The van der Waals surface area contributed by atoms with E-state index in [1.54, 1.807) is 18.2 Å². The van der Waals surface area contributed by atoms with E-state index in [0.29, 0.717) is 24.3 Å². The van der Waals surface area contributed by atoms with Crippen LogP contribution in [0, 0.1) is 5.82 Å². The molecule has 0 aliphatic carbocycles. The molecule has 144 valence electrons. The highest BCUT2D eigenvalue weighted by molar-refractivity contribution is 7.89. The van der Waals surface area contributed by atoms with Gasteiger partial charge in [-0.3, -0.25) is 4.79 Å². The maximum Gasteiger partial charge on any atom is 0.243 e. The first kappa shape index (κ1) is 19.3. The number of rotatable bonds is 6. The number of carbonyl (C=O) groups excluding carboxylic acids is 1. The Balaban J connectivity index is 1.70. The highest BCUT2D eigenvalue weighted by atomic mass is 32.2. The lowest BCUT2D eigenvalue weighted by Crippen LogP contribution is -2.28. The monoisotopic (exact) mass is 392 g/mol. The van der Waals surface area contributed by atoms with Gasteiger partial charge >= 0.3 is 0 Å². The highest BCUT2D eigenvalue weighted by Gasteiger charge is 2.27. The van der Waals surface area contributed by atoms with Gasteiger partial charge in [0.05, 0.1) is 18.4 Å². The zero-order valence-electron chi connectivity index (χ0n) is 14.9. The van der Waals surface area contributed by atoms with Crippen LogP contribution in [0.1, 0.15) is 18.4 Å². The summed E-state index contributed by atoms with van der Waals surface area (Å²) in [6, 6.07) is 10.5. The molecule has 1 saturated heterocycles. The predicted octanol–water partition coefficient (Wildman–Crippen LogP) is 2.80. The average Bonchev–Trinajstić information content (AvgIpc) is 3.17. The molecule has 1 N–H and O–H groups in total. The number of halogens is 1. The molecule has 1 aliphatic heterocycles. The summed E-state index contributed by atoms with van der Waals surface area (Å²) in [6.07, 6.45) is 1.67. The Morgan fingerprint density at radius 1 is 1.19 bits per heavy atom. The van der Waals surface area contributed by atoms with E-state index in [2.05, 4.69) is 5.32 Å². The third kappa shape index (κ3) is 4.45. The van der Waals surface area contributed by atoms with E-state index in [4.69, 9.17) is 4.74 Å². The van der Waals surface area contributed by atoms with Crippen LogP contribution < -0.4 is 10.1 Å². The van der Waals surface area contributed by atoms with Gasteiger partial charge in [0, 0.05) is 18.8 Å². The van der Waals surface area contributed by atoms with Gasteiger partial charge in [-0.15, -0.1) is 0 Å². The molecular weight excluding hydrogens is 371 g/mol. The standard InChI is InChI=1S/C19H21FN2O4S/c1-26-18-8-7-14(11-17(18)20)12-19(23)21-15-5-4-6-16(13-15)27(24,25)22-9-2-3-10-22/h4-8,11,13H,2-3,9-10,12H2,1H3,(H,21,23). The fourth-order valence-electron chi connectivity index (χ4n) is 3.02. The van der Waals surface area contributed by atoms with E-state index in [-0.39, 0.29) is 23.0 Å². The first-order chi connectivity index (χ1) is 12.9. The van der Waals surface area contributed by atoms with Crippen LogP contribution in [0.5, 0.6) is 5.75 Å². The van der Waals surface area contributed by atoms with Gasteiger partial charge in [-0.2, -0.15) is 4.31 Å². The summed E-state index contributed by atoms with van der Waals surface area (Å²) < 4.78 is 45.3. The van der Waals surface area contributed by atoms with Crippen LogP contribution >= 0.6 is 0 Å². The molecule has 6 nitrogen and oxygen atoms in total. The minimum Gasteiger partial charge on any atom is -0.494 e. The molecule has 1 heterocycles. The summed E-state index contributed by atoms with van der Waals surface area (Å²) in [6.45, 7) is 1.03. The molecule has 0 unspecified atom stereocenters. The second-order valence-corrected chi connectivity index (χ2v) is 8.27. The third-order valence-corrected chi connectivity index (χ3v) is 6.30. The number of hydrogen-bond donors (Lipinski definition) is 1. The van der Waals surface area contributed by atoms with Gasteiger partial charge in [0.25, 0.3) is 0 Å². The van der Waals surface area contributed by atoms with E-state index in [9.17, 15) is 17.6 Å². The van der Waals surface area contributed by atoms with Crippen LogP contribution in [0.4, 0.5) is 10.1 Å². The van der Waals surface area contributed by atoms with Crippen molar-refractivity contribution >= 4 is 21.6 Å². The summed E-state index contributed by atoms with van der Waals surface area (Å²) in [7, 11) is -2.18. The predicted molar refractivity (Wildman–Crippen MR) is 99.7 cm³/mol. The van der Waals surface area contributed by atoms with Crippen LogP contribution in [0.3, 0.4) is 0 Å². The van der Waals surface area contributed by atoms with E-state index >= 15 is 0 Å². The van der Waals surface area contributed by atoms with E-state index < -0.39 is 15.8 Å². The largest absolute Gasteiger partial charge is 0.494 e. The Hall–Kier alpha value is -2.45. The minimum absolute atomic E-state index is 0.0377. The molecule has 2 aromatic rings. The lowest BCUT2D eigenvalue weighted by atomic mass is 10.1. The quantitative estimate of drug-likeness (QED) is 0.820. The highest BCUT2D eigenvalue weighted by Crippen LogP contribution is 2.23. The first-order valence-corrected chi connectivity index (χ1v) is 10.1. The summed E-state index contributed by atoms with van der Waals surface area (Å²) in [4.78, 5) is 12.4. The molecule has 1 amide bonds. The van der Waals surface area contributed by atoms with Crippen molar-refractivity contribution < 1.29 is 22.3 Å². The van der Waals surface area contributed by atoms with Crippen LogP contribution in [-0.4, -0.2) is 38.8 Å². The number of nitrogens with one attached hydrogen (secondary N) is 1. The van der Waals surface area contributed by atoms with Crippen LogP contribution in [0.25, 0.3) is 0 Å². The molecule has 0 bridgehead atoms. The van der Waals surface area contributed by atoms with Crippen molar-refractivity contribution in [3.63, 3.8) is 0 Å². The van der Waals surface area contributed by atoms with Gasteiger partial charge in [-0.1, -0.05) is 12.1 Å². The minimum atomic E-state index is -3.55. The van der Waals surface area contributed by atoms with Crippen LogP contribution in [-0.2, 0) is 21.2 Å². The van der Waals surface area contributed by atoms with Crippen molar-refractivity contribution in [3.8, 4) is 5.75 Å². The molecule has 0 atom stereocenters. The topological polar surface area (TPSA) is 75.7 Å². The van der Waals surface area contributed by atoms with Crippen LogP contribution in [0.15, 0.2) is 47.4 Å². The van der Waals surface area contributed by atoms with E-state index in [1.165, 1.54) is 35.7 Å². The van der Waals surface area contributed by atoms with Gasteiger partial charge in [0.1, 0.15) is 0 Å². The zero-order chi connectivity index (χ0) is 19.4. The van der Waals surface area contributed by atoms with Crippen molar-refractivity contribution in [1.29, 1.82) is 0 Å². The first-order valence-electron chi connectivity index (χ1n) is 8.62. The molecule has 8 heteroatoms. The lowest BCUT2D eigenvalue weighted by Gasteiger charge is -2.16. The van der Waals surface area contributed by atoms with E-state index in [1.807, 2.05) is 0 Å². The number of hydrogen-bond acceptors (Lipinski definition) is 4. The molecule has 3 rings (SSSR count).